The summed E-state index contributed by atoms with van der Waals surface area (Å²) in [6.45, 7) is 8.31. The van der Waals surface area contributed by atoms with Crippen molar-refractivity contribution in [3.8, 4) is 22.8 Å². The van der Waals surface area contributed by atoms with Gasteiger partial charge in [0.2, 0.25) is 4.80 Å². The first-order valence-corrected chi connectivity index (χ1v) is 10.4. The van der Waals surface area contributed by atoms with Gasteiger partial charge in [0.25, 0.3) is 0 Å². The number of rotatable bonds is 6. The molecule has 0 radical (unpaired) electrons. The fraction of sp³-hybridized carbons (Fsp3) is 0.304. The van der Waals surface area contributed by atoms with Crippen LogP contribution in [0.4, 0.5) is 0 Å². The average Bonchev–Trinajstić information content (AvgIpc) is 3.08. The molecular formula is C23H27N3O2S. The van der Waals surface area contributed by atoms with Gasteiger partial charge in [0.05, 0.1) is 26.1 Å². The minimum Gasteiger partial charge on any atom is -0.497 e. The van der Waals surface area contributed by atoms with Gasteiger partial charge >= 0.3 is 0 Å². The molecule has 152 valence electrons. The summed E-state index contributed by atoms with van der Waals surface area (Å²) in [5, 5.41) is 6.85. The van der Waals surface area contributed by atoms with E-state index in [0.717, 1.165) is 33.1 Å². The third kappa shape index (κ3) is 4.77. The minimum atomic E-state index is 0.163. The first-order valence-electron chi connectivity index (χ1n) is 9.51. The minimum absolute atomic E-state index is 0.163. The maximum Gasteiger partial charge on any atom is 0.206 e. The van der Waals surface area contributed by atoms with E-state index in [1.165, 1.54) is 11.1 Å². The maximum absolute atomic E-state index is 5.59. The van der Waals surface area contributed by atoms with E-state index in [0.29, 0.717) is 0 Å². The van der Waals surface area contributed by atoms with Crippen molar-refractivity contribution in [1.29, 1.82) is 0 Å². The zero-order chi connectivity index (χ0) is 21.0. The highest BCUT2D eigenvalue weighted by atomic mass is 32.1. The van der Waals surface area contributed by atoms with E-state index in [2.05, 4.69) is 51.3 Å². The van der Waals surface area contributed by atoms with Gasteiger partial charge in [-0.2, -0.15) is 5.10 Å². The molecule has 3 aromatic rings. The normalized spacial score (nSPS) is 12.2. The number of ether oxygens (including phenoxy) is 2. The SMILES string of the molecule is COc1ccc(OC)c(-c2csc(=NC(C)C)n2N=Cc2ccc(C)cc2C)c1. The predicted octanol–water partition coefficient (Wildman–Crippen LogP) is 5.04. The van der Waals surface area contributed by atoms with Gasteiger partial charge in [0, 0.05) is 17.0 Å². The monoisotopic (exact) mass is 409 g/mol. The molecule has 0 unspecified atom stereocenters. The molecule has 0 aliphatic heterocycles. The first kappa shape index (κ1) is 20.9. The standard InChI is InChI=1S/C23H27N3O2S/c1-15(2)25-23-26(24-13-18-8-7-16(3)11-17(18)4)21(14-29-23)20-12-19(27-5)9-10-22(20)28-6/h7-15H,1-6H3. The molecule has 0 aliphatic rings. The molecule has 6 heteroatoms. The largest absolute Gasteiger partial charge is 0.497 e. The van der Waals surface area contributed by atoms with Gasteiger partial charge in [-0.25, -0.2) is 4.68 Å². The molecule has 0 aliphatic carbocycles. The summed E-state index contributed by atoms with van der Waals surface area (Å²) in [5.41, 5.74) is 5.32. The second-order valence-electron chi connectivity index (χ2n) is 7.11. The van der Waals surface area contributed by atoms with Crippen molar-refractivity contribution in [2.75, 3.05) is 14.2 Å². The summed E-state index contributed by atoms with van der Waals surface area (Å²) in [4.78, 5) is 5.58. The predicted molar refractivity (Wildman–Crippen MR) is 120 cm³/mol. The Morgan fingerprint density at radius 2 is 1.83 bits per heavy atom. The van der Waals surface area contributed by atoms with Crippen LogP contribution in [0.5, 0.6) is 11.5 Å². The smallest absolute Gasteiger partial charge is 0.206 e. The second-order valence-corrected chi connectivity index (χ2v) is 7.95. The van der Waals surface area contributed by atoms with Crippen molar-refractivity contribution >= 4 is 17.6 Å². The van der Waals surface area contributed by atoms with Crippen LogP contribution in [0.2, 0.25) is 0 Å². The molecule has 29 heavy (non-hydrogen) atoms. The Kier molecular flexibility index (Phi) is 6.54. The van der Waals surface area contributed by atoms with Crippen LogP contribution < -0.4 is 14.3 Å². The van der Waals surface area contributed by atoms with Crippen LogP contribution in [-0.4, -0.2) is 31.2 Å². The van der Waals surface area contributed by atoms with Crippen LogP contribution in [0.25, 0.3) is 11.3 Å². The van der Waals surface area contributed by atoms with Crippen LogP contribution in [0, 0.1) is 13.8 Å². The Morgan fingerprint density at radius 1 is 1.03 bits per heavy atom. The van der Waals surface area contributed by atoms with Gasteiger partial charge in [-0.1, -0.05) is 23.8 Å². The van der Waals surface area contributed by atoms with E-state index in [-0.39, 0.29) is 6.04 Å². The van der Waals surface area contributed by atoms with Crippen LogP contribution >= 0.6 is 11.3 Å². The Hall–Kier alpha value is -2.86. The van der Waals surface area contributed by atoms with Crippen molar-refractivity contribution in [2.45, 2.75) is 33.7 Å². The molecular weight excluding hydrogens is 382 g/mol. The molecule has 0 saturated carbocycles. The summed E-state index contributed by atoms with van der Waals surface area (Å²) in [6.07, 6.45) is 1.89. The molecule has 0 amide bonds. The van der Waals surface area contributed by atoms with Crippen molar-refractivity contribution < 1.29 is 9.47 Å². The molecule has 0 atom stereocenters. The second kappa shape index (κ2) is 9.09. The molecule has 0 N–H and O–H groups in total. The van der Waals surface area contributed by atoms with Gasteiger partial charge in [-0.05, 0) is 57.0 Å². The van der Waals surface area contributed by atoms with Gasteiger partial charge in [0.1, 0.15) is 11.5 Å². The highest BCUT2D eigenvalue weighted by Crippen LogP contribution is 2.33. The Bertz CT molecular complexity index is 1090. The Labute approximate surface area is 176 Å². The number of nitrogens with zero attached hydrogens (tertiary/aromatic N) is 3. The van der Waals surface area contributed by atoms with Gasteiger partial charge in [-0.15, -0.1) is 11.3 Å². The zero-order valence-electron chi connectivity index (χ0n) is 17.8. The molecule has 3 rings (SSSR count). The fourth-order valence-corrected chi connectivity index (χ4v) is 3.97. The third-order valence-electron chi connectivity index (χ3n) is 4.47. The fourth-order valence-electron chi connectivity index (χ4n) is 3.01. The van der Waals surface area contributed by atoms with Crippen LogP contribution in [0.15, 0.2) is 51.9 Å². The maximum atomic E-state index is 5.59. The number of hydrogen-bond acceptors (Lipinski definition) is 5. The molecule has 0 saturated heterocycles. The number of methoxy groups -OCH3 is 2. The lowest BCUT2D eigenvalue weighted by atomic mass is 10.1. The Morgan fingerprint density at radius 3 is 2.48 bits per heavy atom. The Balaban J connectivity index is 2.18. The number of aryl methyl sites for hydroxylation is 2. The van der Waals surface area contributed by atoms with Crippen LogP contribution in [0.1, 0.15) is 30.5 Å². The molecule has 1 heterocycles. The van der Waals surface area contributed by atoms with E-state index < -0.39 is 0 Å². The zero-order valence-corrected chi connectivity index (χ0v) is 18.6. The van der Waals surface area contributed by atoms with E-state index in [1.807, 2.05) is 29.1 Å². The lowest BCUT2D eigenvalue weighted by molar-refractivity contribution is 0.404. The number of hydrogen-bond donors (Lipinski definition) is 0. The topological polar surface area (TPSA) is 48.1 Å². The van der Waals surface area contributed by atoms with Crippen molar-refractivity contribution in [1.82, 2.24) is 4.68 Å². The quantitative estimate of drug-likeness (QED) is 0.535. The molecule has 2 aromatic carbocycles. The van der Waals surface area contributed by atoms with Gasteiger partial charge in [-0.3, -0.25) is 4.99 Å². The number of aromatic nitrogens is 1. The highest BCUT2D eigenvalue weighted by molar-refractivity contribution is 7.07. The summed E-state index contributed by atoms with van der Waals surface area (Å²) >= 11 is 1.56. The summed E-state index contributed by atoms with van der Waals surface area (Å²) in [6, 6.07) is 12.3. The van der Waals surface area contributed by atoms with Gasteiger partial charge < -0.3 is 9.47 Å². The van der Waals surface area contributed by atoms with Crippen LogP contribution in [0.3, 0.4) is 0 Å². The molecule has 5 nitrogen and oxygen atoms in total. The summed E-state index contributed by atoms with van der Waals surface area (Å²) in [7, 11) is 3.32. The highest BCUT2D eigenvalue weighted by Gasteiger charge is 2.14. The van der Waals surface area contributed by atoms with Crippen LogP contribution in [-0.2, 0) is 0 Å². The van der Waals surface area contributed by atoms with E-state index in [4.69, 9.17) is 19.6 Å². The molecule has 0 spiro atoms. The van der Waals surface area contributed by atoms with E-state index in [9.17, 15) is 0 Å². The lowest BCUT2D eigenvalue weighted by Gasteiger charge is -2.11. The molecule has 0 fully saturated rings. The van der Waals surface area contributed by atoms with Crippen molar-refractivity contribution in [2.24, 2.45) is 10.1 Å². The average molecular weight is 410 g/mol. The summed E-state index contributed by atoms with van der Waals surface area (Å²) in [5.74, 6) is 1.52. The van der Waals surface area contributed by atoms with E-state index >= 15 is 0 Å². The molecule has 0 bridgehead atoms. The molecule has 1 aromatic heterocycles. The third-order valence-corrected chi connectivity index (χ3v) is 5.30. The van der Waals surface area contributed by atoms with Crippen molar-refractivity contribution in [3.05, 3.63) is 63.3 Å². The number of thiazole rings is 1. The van der Waals surface area contributed by atoms with Crippen molar-refractivity contribution in [3.63, 3.8) is 0 Å². The van der Waals surface area contributed by atoms with E-state index in [1.54, 1.807) is 25.6 Å². The first-order chi connectivity index (χ1) is 13.9. The summed E-state index contributed by atoms with van der Waals surface area (Å²) < 4.78 is 12.9. The lowest BCUT2D eigenvalue weighted by Crippen LogP contribution is -2.14. The number of benzene rings is 2. The van der Waals surface area contributed by atoms with Gasteiger partial charge in [0.15, 0.2) is 0 Å².